The van der Waals surface area contributed by atoms with E-state index in [1.807, 2.05) is 48.5 Å². The first-order valence-corrected chi connectivity index (χ1v) is 7.42. The summed E-state index contributed by atoms with van der Waals surface area (Å²) < 4.78 is 1.56. The van der Waals surface area contributed by atoms with Crippen LogP contribution in [0.4, 0.5) is 0 Å². The molecular formula is C17H17N5O. The lowest BCUT2D eigenvalue weighted by Crippen LogP contribution is -2.27. The molecule has 1 heterocycles. The van der Waals surface area contributed by atoms with Gasteiger partial charge in [-0.1, -0.05) is 42.5 Å². The second kappa shape index (κ2) is 6.83. The van der Waals surface area contributed by atoms with Gasteiger partial charge in [-0.05, 0) is 41.5 Å². The lowest BCUT2D eigenvalue weighted by atomic mass is 10.1. The number of aryl methyl sites for hydroxylation is 1. The summed E-state index contributed by atoms with van der Waals surface area (Å²) in [5.41, 5.74) is 2.42. The average Bonchev–Trinajstić information content (AvgIpc) is 3.01. The van der Waals surface area contributed by atoms with Crippen LogP contribution in [0.5, 0.6) is 0 Å². The minimum atomic E-state index is -0.133. The summed E-state index contributed by atoms with van der Waals surface area (Å²) in [6.07, 6.45) is 0.790. The summed E-state index contributed by atoms with van der Waals surface area (Å²) in [4.78, 5) is 12.5. The Balaban J connectivity index is 1.72. The normalized spacial score (nSPS) is 10.5. The Bertz CT molecular complexity index is 798. The molecule has 0 spiro atoms. The Hall–Kier alpha value is -3.02. The molecule has 116 valence electrons. The number of hydrogen-bond donors (Lipinski definition) is 1. The molecule has 3 aromatic rings. The molecule has 0 saturated carbocycles. The van der Waals surface area contributed by atoms with Gasteiger partial charge in [-0.15, -0.1) is 5.10 Å². The summed E-state index contributed by atoms with van der Waals surface area (Å²) in [5, 5.41) is 14.4. The number of nitrogens with zero attached hydrogens (tertiary/aromatic N) is 4. The maximum atomic E-state index is 12.5. The molecule has 0 saturated heterocycles. The maximum absolute atomic E-state index is 12.5. The maximum Gasteiger partial charge on any atom is 0.253 e. The van der Waals surface area contributed by atoms with Crippen LogP contribution in [0.3, 0.4) is 0 Å². The highest BCUT2D eigenvalue weighted by molar-refractivity contribution is 5.97. The van der Waals surface area contributed by atoms with E-state index in [0.29, 0.717) is 23.6 Å². The summed E-state index contributed by atoms with van der Waals surface area (Å²) in [5.74, 6) is 0.501. The zero-order valence-electron chi connectivity index (χ0n) is 12.8. The summed E-state index contributed by atoms with van der Waals surface area (Å²) in [6.45, 7) is 2.37. The molecule has 6 heteroatoms. The monoisotopic (exact) mass is 307 g/mol. The number of nitrogens with one attached hydrogen (secondary N) is 1. The second-order valence-electron chi connectivity index (χ2n) is 5.15. The number of aromatic nitrogens is 4. The number of para-hydroxylation sites is 1. The molecule has 0 bridgehead atoms. The molecule has 3 rings (SSSR count). The van der Waals surface area contributed by atoms with Crippen LogP contribution in [0.25, 0.3) is 5.69 Å². The Morgan fingerprint density at radius 3 is 2.57 bits per heavy atom. The predicted molar refractivity (Wildman–Crippen MR) is 86.4 cm³/mol. The summed E-state index contributed by atoms with van der Waals surface area (Å²) >= 11 is 0. The Kier molecular flexibility index (Phi) is 4.42. The van der Waals surface area contributed by atoms with Crippen molar-refractivity contribution in [3.8, 4) is 5.69 Å². The van der Waals surface area contributed by atoms with Gasteiger partial charge in [0.05, 0.1) is 11.3 Å². The van der Waals surface area contributed by atoms with Gasteiger partial charge in [-0.3, -0.25) is 4.79 Å². The quantitative estimate of drug-likeness (QED) is 0.782. The highest BCUT2D eigenvalue weighted by atomic mass is 16.1. The van der Waals surface area contributed by atoms with Crippen LogP contribution in [-0.4, -0.2) is 32.7 Å². The van der Waals surface area contributed by atoms with Crippen LogP contribution >= 0.6 is 0 Å². The zero-order chi connectivity index (χ0) is 16.1. The van der Waals surface area contributed by atoms with E-state index in [2.05, 4.69) is 20.8 Å². The van der Waals surface area contributed by atoms with Crippen LogP contribution < -0.4 is 5.32 Å². The van der Waals surface area contributed by atoms with Crippen molar-refractivity contribution in [3.63, 3.8) is 0 Å². The van der Waals surface area contributed by atoms with Gasteiger partial charge in [0.1, 0.15) is 0 Å². The molecule has 6 nitrogen and oxygen atoms in total. The Labute approximate surface area is 134 Å². The largest absolute Gasteiger partial charge is 0.352 e. The molecule has 0 aliphatic rings. The van der Waals surface area contributed by atoms with E-state index in [1.54, 1.807) is 17.7 Å². The van der Waals surface area contributed by atoms with Crippen molar-refractivity contribution in [2.75, 3.05) is 6.54 Å². The van der Waals surface area contributed by atoms with Gasteiger partial charge in [-0.25, -0.2) is 0 Å². The van der Waals surface area contributed by atoms with E-state index in [-0.39, 0.29) is 5.91 Å². The second-order valence-corrected chi connectivity index (χ2v) is 5.15. The van der Waals surface area contributed by atoms with Crippen molar-refractivity contribution < 1.29 is 4.79 Å². The van der Waals surface area contributed by atoms with E-state index in [0.717, 1.165) is 6.42 Å². The minimum absolute atomic E-state index is 0.133. The van der Waals surface area contributed by atoms with Gasteiger partial charge in [-0.2, -0.15) is 4.68 Å². The lowest BCUT2D eigenvalue weighted by molar-refractivity contribution is 0.0954. The number of carbonyl (C=O) groups is 1. The van der Waals surface area contributed by atoms with Crippen LogP contribution in [0.1, 0.15) is 21.7 Å². The highest BCUT2D eigenvalue weighted by Crippen LogP contribution is 2.14. The van der Waals surface area contributed by atoms with E-state index in [1.165, 1.54) is 5.56 Å². The van der Waals surface area contributed by atoms with Crippen molar-refractivity contribution in [3.05, 3.63) is 71.5 Å². The van der Waals surface area contributed by atoms with Crippen LogP contribution in [0, 0.1) is 6.92 Å². The zero-order valence-corrected chi connectivity index (χ0v) is 12.8. The molecule has 1 aromatic heterocycles. The Morgan fingerprint density at radius 2 is 1.83 bits per heavy atom. The first-order chi connectivity index (χ1) is 11.3. The molecule has 2 aromatic carbocycles. The number of carbonyl (C=O) groups excluding carboxylic acids is 1. The molecule has 0 atom stereocenters. The third kappa shape index (κ3) is 3.42. The molecule has 1 amide bonds. The average molecular weight is 307 g/mol. The van der Waals surface area contributed by atoms with Gasteiger partial charge in [0.15, 0.2) is 5.82 Å². The van der Waals surface area contributed by atoms with E-state index >= 15 is 0 Å². The third-order valence-corrected chi connectivity index (χ3v) is 3.54. The SMILES string of the molecule is Cc1nnnn1-c1ccccc1C(=O)NCCc1ccccc1. The lowest BCUT2D eigenvalue weighted by Gasteiger charge is -2.10. The molecule has 0 unspecified atom stereocenters. The van der Waals surface area contributed by atoms with Gasteiger partial charge in [0.2, 0.25) is 0 Å². The van der Waals surface area contributed by atoms with Gasteiger partial charge >= 0.3 is 0 Å². The van der Waals surface area contributed by atoms with Crippen molar-refractivity contribution in [2.45, 2.75) is 13.3 Å². The van der Waals surface area contributed by atoms with Crippen molar-refractivity contribution in [1.29, 1.82) is 0 Å². The standard InChI is InChI=1S/C17H17N5O/c1-13-19-20-21-22(13)16-10-6-5-9-15(16)17(23)18-12-11-14-7-3-2-4-8-14/h2-10H,11-12H2,1H3,(H,18,23). The molecule has 23 heavy (non-hydrogen) atoms. The predicted octanol–water partition coefficient (Wildman–Crippen LogP) is 1.94. The fourth-order valence-electron chi connectivity index (χ4n) is 2.36. The van der Waals surface area contributed by atoms with Crippen molar-refractivity contribution in [2.24, 2.45) is 0 Å². The molecule has 0 radical (unpaired) electrons. The van der Waals surface area contributed by atoms with E-state index in [4.69, 9.17) is 0 Å². The fourth-order valence-corrected chi connectivity index (χ4v) is 2.36. The minimum Gasteiger partial charge on any atom is -0.352 e. The van der Waals surface area contributed by atoms with Gasteiger partial charge < -0.3 is 5.32 Å². The highest BCUT2D eigenvalue weighted by Gasteiger charge is 2.14. The van der Waals surface area contributed by atoms with E-state index in [9.17, 15) is 4.79 Å². The number of amides is 1. The smallest absolute Gasteiger partial charge is 0.253 e. The molecule has 0 fully saturated rings. The number of rotatable bonds is 5. The van der Waals surface area contributed by atoms with Gasteiger partial charge in [0.25, 0.3) is 5.91 Å². The fraction of sp³-hybridized carbons (Fsp3) is 0.176. The molecular weight excluding hydrogens is 290 g/mol. The number of hydrogen-bond acceptors (Lipinski definition) is 4. The van der Waals surface area contributed by atoms with Crippen LogP contribution in [-0.2, 0) is 6.42 Å². The number of tetrazole rings is 1. The van der Waals surface area contributed by atoms with Crippen molar-refractivity contribution in [1.82, 2.24) is 25.5 Å². The Morgan fingerprint density at radius 1 is 1.09 bits per heavy atom. The summed E-state index contributed by atoms with van der Waals surface area (Å²) in [6, 6.07) is 17.3. The summed E-state index contributed by atoms with van der Waals surface area (Å²) in [7, 11) is 0. The van der Waals surface area contributed by atoms with Gasteiger partial charge in [0, 0.05) is 6.54 Å². The third-order valence-electron chi connectivity index (χ3n) is 3.54. The van der Waals surface area contributed by atoms with Crippen molar-refractivity contribution >= 4 is 5.91 Å². The molecule has 0 aliphatic heterocycles. The van der Waals surface area contributed by atoms with Crippen LogP contribution in [0.15, 0.2) is 54.6 Å². The van der Waals surface area contributed by atoms with Crippen LogP contribution in [0.2, 0.25) is 0 Å². The topological polar surface area (TPSA) is 72.7 Å². The molecule has 1 N–H and O–H groups in total. The molecule has 0 aliphatic carbocycles. The number of benzene rings is 2. The first-order valence-electron chi connectivity index (χ1n) is 7.42. The first kappa shape index (κ1) is 14.9. The van der Waals surface area contributed by atoms with E-state index < -0.39 is 0 Å².